The van der Waals surface area contributed by atoms with Crippen molar-refractivity contribution in [3.05, 3.63) is 64.6 Å². The zero-order chi connectivity index (χ0) is 21.1. The maximum atomic E-state index is 12.3. The third kappa shape index (κ3) is 5.45. The number of nitrogens with two attached hydrogens (primary N) is 1. The average Bonchev–Trinajstić information content (AvgIpc) is 2.67. The first-order valence-corrected chi connectivity index (χ1v) is 12.3. The molecular formula is C20H25N2O5S2+. The molecule has 0 bridgehead atoms. The predicted molar refractivity (Wildman–Crippen MR) is 112 cm³/mol. The van der Waals surface area contributed by atoms with Crippen LogP contribution >= 0.6 is 0 Å². The summed E-state index contributed by atoms with van der Waals surface area (Å²) in [5, 5.41) is 2.24. The van der Waals surface area contributed by atoms with Crippen molar-refractivity contribution < 1.29 is 26.7 Å². The van der Waals surface area contributed by atoms with Crippen LogP contribution in [-0.4, -0.2) is 34.5 Å². The average molecular weight is 438 g/mol. The van der Waals surface area contributed by atoms with E-state index < -0.39 is 20.1 Å². The Kier molecular flexibility index (Phi) is 6.42. The number of hydrogen-bond donors (Lipinski definition) is 3. The molecule has 7 nitrogen and oxygen atoms in total. The second kappa shape index (κ2) is 8.66. The van der Waals surface area contributed by atoms with Crippen molar-refractivity contribution in [2.75, 3.05) is 17.8 Å². The van der Waals surface area contributed by atoms with Gasteiger partial charge >= 0.3 is 0 Å². The predicted octanol–water partition coefficient (Wildman–Crippen LogP) is 2.00. The number of aryl methyl sites for hydroxylation is 1. The summed E-state index contributed by atoms with van der Waals surface area (Å²) in [6.07, 6.45) is 3.72. The maximum absolute atomic E-state index is 12.3. The first-order chi connectivity index (χ1) is 13.7. The summed E-state index contributed by atoms with van der Waals surface area (Å²) in [6.45, 7) is 3.87. The number of piperidine rings is 1. The van der Waals surface area contributed by atoms with Crippen molar-refractivity contribution in [3.63, 3.8) is 0 Å². The highest BCUT2D eigenvalue weighted by atomic mass is 32.2. The van der Waals surface area contributed by atoms with Crippen molar-refractivity contribution in [2.24, 2.45) is 5.92 Å². The monoisotopic (exact) mass is 437 g/mol. The molecule has 29 heavy (non-hydrogen) atoms. The second-order valence-corrected chi connectivity index (χ2v) is 10.3. The SMILES string of the molecule is Cc1ccc(S(=O)(=O)O)cc1.O=S1(=O)Nc2ccccc2C=C1C1CC[NH2+]CC1. The van der Waals surface area contributed by atoms with Crippen molar-refractivity contribution in [3.8, 4) is 0 Å². The fourth-order valence-corrected chi connectivity index (χ4v) is 5.44. The second-order valence-electron chi connectivity index (χ2n) is 7.17. The summed E-state index contributed by atoms with van der Waals surface area (Å²) in [7, 11) is -7.36. The molecule has 9 heteroatoms. The Hall–Kier alpha value is -2.20. The largest absolute Gasteiger partial charge is 0.346 e. The van der Waals surface area contributed by atoms with E-state index in [0.717, 1.165) is 37.1 Å². The summed E-state index contributed by atoms with van der Waals surface area (Å²) in [6, 6.07) is 13.5. The maximum Gasteiger partial charge on any atom is 0.294 e. The lowest BCUT2D eigenvalue weighted by Gasteiger charge is -2.26. The summed E-state index contributed by atoms with van der Waals surface area (Å²) in [5.41, 5.74) is 2.61. The van der Waals surface area contributed by atoms with E-state index in [1.165, 1.54) is 12.1 Å². The molecule has 0 atom stereocenters. The highest BCUT2D eigenvalue weighted by molar-refractivity contribution is 7.96. The Morgan fingerprint density at radius 1 is 1.03 bits per heavy atom. The molecule has 2 aliphatic rings. The Morgan fingerprint density at radius 2 is 1.66 bits per heavy atom. The van der Waals surface area contributed by atoms with Gasteiger partial charge in [-0.1, -0.05) is 35.9 Å². The summed E-state index contributed by atoms with van der Waals surface area (Å²) >= 11 is 0. The van der Waals surface area contributed by atoms with Crippen LogP contribution < -0.4 is 10.0 Å². The highest BCUT2D eigenvalue weighted by Crippen LogP contribution is 2.34. The van der Waals surface area contributed by atoms with E-state index in [9.17, 15) is 16.8 Å². The molecule has 0 saturated carbocycles. The number of anilines is 1. The van der Waals surface area contributed by atoms with Crippen molar-refractivity contribution >= 4 is 31.9 Å². The van der Waals surface area contributed by atoms with E-state index in [0.29, 0.717) is 10.6 Å². The lowest BCUT2D eigenvalue weighted by molar-refractivity contribution is -0.664. The number of fused-ring (bicyclic) bond motifs is 1. The molecule has 0 unspecified atom stereocenters. The van der Waals surface area contributed by atoms with Crippen molar-refractivity contribution in [2.45, 2.75) is 24.7 Å². The first-order valence-electron chi connectivity index (χ1n) is 9.36. The molecule has 0 aromatic heterocycles. The van der Waals surface area contributed by atoms with Gasteiger partial charge < -0.3 is 5.32 Å². The summed E-state index contributed by atoms with van der Waals surface area (Å²) in [5.74, 6) is 0.167. The van der Waals surface area contributed by atoms with Crippen LogP contribution in [0.3, 0.4) is 0 Å². The van der Waals surface area contributed by atoms with Gasteiger partial charge in [-0.15, -0.1) is 0 Å². The van der Waals surface area contributed by atoms with Crippen LogP contribution in [0.25, 0.3) is 6.08 Å². The minimum absolute atomic E-state index is 0.0666. The van der Waals surface area contributed by atoms with Gasteiger partial charge in [0.25, 0.3) is 20.1 Å². The molecule has 0 spiro atoms. The molecule has 4 rings (SSSR count). The van der Waals surface area contributed by atoms with E-state index in [1.54, 1.807) is 18.2 Å². The Bertz CT molecular complexity index is 1100. The van der Waals surface area contributed by atoms with Crippen LogP contribution in [0.4, 0.5) is 5.69 Å². The smallest absolute Gasteiger partial charge is 0.294 e. The number of sulfonamides is 1. The normalized spacial score (nSPS) is 18.5. The number of allylic oxidation sites excluding steroid dienone is 1. The molecule has 0 aliphatic carbocycles. The van der Waals surface area contributed by atoms with Gasteiger partial charge in [0.05, 0.1) is 28.6 Å². The van der Waals surface area contributed by atoms with Gasteiger partial charge in [-0.2, -0.15) is 8.42 Å². The number of nitrogens with one attached hydrogen (secondary N) is 1. The van der Waals surface area contributed by atoms with Crippen LogP contribution in [0.1, 0.15) is 24.0 Å². The van der Waals surface area contributed by atoms with Gasteiger partial charge in [0, 0.05) is 18.8 Å². The minimum Gasteiger partial charge on any atom is -0.346 e. The van der Waals surface area contributed by atoms with Crippen LogP contribution in [0.15, 0.2) is 58.3 Å². The molecule has 2 aromatic rings. The van der Waals surface area contributed by atoms with Gasteiger partial charge in [0.2, 0.25) is 0 Å². The number of para-hydroxylation sites is 1. The van der Waals surface area contributed by atoms with E-state index in [-0.39, 0.29) is 10.8 Å². The van der Waals surface area contributed by atoms with Crippen LogP contribution in [0.2, 0.25) is 0 Å². The summed E-state index contributed by atoms with van der Waals surface area (Å²) < 4.78 is 56.7. The van der Waals surface area contributed by atoms with Crippen LogP contribution in [-0.2, 0) is 20.1 Å². The first kappa shape index (κ1) is 21.5. The van der Waals surface area contributed by atoms with Crippen LogP contribution in [0, 0.1) is 12.8 Å². The van der Waals surface area contributed by atoms with E-state index in [4.69, 9.17) is 4.55 Å². The zero-order valence-electron chi connectivity index (χ0n) is 16.1. The number of rotatable bonds is 2. The van der Waals surface area contributed by atoms with Crippen molar-refractivity contribution in [1.29, 1.82) is 0 Å². The van der Waals surface area contributed by atoms with Crippen molar-refractivity contribution in [1.82, 2.24) is 0 Å². The van der Waals surface area contributed by atoms with E-state index in [2.05, 4.69) is 10.0 Å². The molecule has 156 valence electrons. The minimum atomic E-state index is -4.02. The fraction of sp³-hybridized carbons (Fsp3) is 0.300. The third-order valence-electron chi connectivity index (χ3n) is 4.97. The quantitative estimate of drug-likeness (QED) is 0.621. The fourth-order valence-electron chi connectivity index (χ4n) is 3.41. The van der Waals surface area contributed by atoms with Gasteiger partial charge in [-0.3, -0.25) is 9.27 Å². The number of hydrogen-bond acceptors (Lipinski definition) is 4. The number of benzene rings is 2. The highest BCUT2D eigenvalue weighted by Gasteiger charge is 2.31. The molecule has 2 aromatic carbocycles. The molecule has 0 amide bonds. The molecule has 1 saturated heterocycles. The molecule has 1 fully saturated rings. The standard InChI is InChI=1S/C13H16N2O2S.C7H8O3S/c16-18(17)13(10-5-7-14-8-6-10)9-11-3-1-2-4-12(11)15-18;1-6-2-4-7(5-3-6)11(8,9)10/h1-4,9-10,14-15H,5-8H2;2-5H,1H3,(H,8,9,10)/p+1. The molecule has 4 N–H and O–H groups in total. The van der Waals surface area contributed by atoms with Gasteiger partial charge in [0.15, 0.2) is 0 Å². The van der Waals surface area contributed by atoms with E-state index >= 15 is 0 Å². The zero-order valence-corrected chi connectivity index (χ0v) is 17.7. The molecular weight excluding hydrogens is 412 g/mol. The molecule has 2 aliphatic heterocycles. The number of quaternary nitrogens is 1. The summed E-state index contributed by atoms with van der Waals surface area (Å²) in [4.78, 5) is 0.498. The molecule has 0 radical (unpaired) electrons. The van der Waals surface area contributed by atoms with Gasteiger partial charge in [0.1, 0.15) is 0 Å². The Morgan fingerprint density at radius 3 is 2.28 bits per heavy atom. The Balaban J connectivity index is 0.000000188. The van der Waals surface area contributed by atoms with Gasteiger partial charge in [-0.05, 0) is 36.8 Å². The van der Waals surface area contributed by atoms with Crippen LogP contribution in [0.5, 0.6) is 0 Å². The van der Waals surface area contributed by atoms with Gasteiger partial charge in [-0.25, -0.2) is 8.42 Å². The van der Waals surface area contributed by atoms with E-state index in [1.807, 2.05) is 31.2 Å². The third-order valence-corrected chi connectivity index (χ3v) is 7.40. The lowest BCUT2D eigenvalue weighted by Crippen LogP contribution is -2.86. The molecule has 2 heterocycles. The Labute approximate surface area is 171 Å². The topological polar surface area (TPSA) is 117 Å². The lowest BCUT2D eigenvalue weighted by atomic mass is 9.96.